The molecule has 1 aliphatic rings. The molecule has 0 saturated carbocycles. The molecule has 1 saturated heterocycles. The van der Waals surface area contributed by atoms with Gasteiger partial charge in [0.1, 0.15) is 0 Å². The van der Waals surface area contributed by atoms with Gasteiger partial charge >= 0.3 is 0 Å². The van der Waals surface area contributed by atoms with E-state index in [0.717, 1.165) is 51.2 Å². The van der Waals surface area contributed by atoms with Crippen LogP contribution in [0.5, 0.6) is 0 Å². The van der Waals surface area contributed by atoms with Crippen molar-refractivity contribution in [1.29, 1.82) is 0 Å². The standard InChI is InChI=1S/C19H30N2O/c1-16-8-10-17(11-9-16)5-2-3-7-19(22)21-14-12-18-6-4-13-20-15-18/h8-11,18,20H,2-7,12-15H2,1H3,(H,21,22). The molecule has 1 aliphatic heterocycles. The van der Waals surface area contributed by atoms with Crippen molar-refractivity contribution in [3.63, 3.8) is 0 Å². The maximum absolute atomic E-state index is 11.8. The molecule has 1 heterocycles. The molecule has 1 aromatic rings. The maximum atomic E-state index is 11.8. The average molecular weight is 302 g/mol. The molecule has 2 N–H and O–H groups in total. The molecule has 0 bridgehead atoms. The van der Waals surface area contributed by atoms with Gasteiger partial charge in [-0.25, -0.2) is 0 Å². The summed E-state index contributed by atoms with van der Waals surface area (Å²) in [6, 6.07) is 8.69. The van der Waals surface area contributed by atoms with Crippen LogP contribution in [0, 0.1) is 12.8 Å². The van der Waals surface area contributed by atoms with Gasteiger partial charge in [0.2, 0.25) is 5.91 Å². The Labute approximate surface area is 134 Å². The van der Waals surface area contributed by atoms with Crippen LogP contribution in [0.2, 0.25) is 0 Å². The van der Waals surface area contributed by atoms with Crippen molar-refractivity contribution >= 4 is 5.91 Å². The highest BCUT2D eigenvalue weighted by Gasteiger charge is 2.12. The van der Waals surface area contributed by atoms with Crippen molar-refractivity contribution in [2.45, 2.75) is 51.9 Å². The third kappa shape index (κ3) is 6.61. The third-order valence-corrected chi connectivity index (χ3v) is 4.51. The lowest BCUT2D eigenvalue weighted by Crippen LogP contribution is -2.33. The second kappa shape index (κ2) is 9.62. The Morgan fingerprint density at radius 1 is 1.27 bits per heavy atom. The highest BCUT2D eigenvalue weighted by molar-refractivity contribution is 5.75. The largest absolute Gasteiger partial charge is 0.356 e. The van der Waals surface area contributed by atoms with Gasteiger partial charge < -0.3 is 10.6 Å². The molecule has 1 atom stereocenters. The fourth-order valence-corrected chi connectivity index (χ4v) is 3.04. The molecule has 2 rings (SSSR count). The van der Waals surface area contributed by atoms with Crippen molar-refractivity contribution in [3.8, 4) is 0 Å². The topological polar surface area (TPSA) is 41.1 Å². The minimum atomic E-state index is 0.215. The number of carbonyl (C=O) groups excluding carboxylic acids is 1. The smallest absolute Gasteiger partial charge is 0.219 e. The molecular formula is C19H30N2O. The quantitative estimate of drug-likeness (QED) is 0.724. The summed E-state index contributed by atoms with van der Waals surface area (Å²) < 4.78 is 0. The van der Waals surface area contributed by atoms with Crippen molar-refractivity contribution in [2.24, 2.45) is 5.92 Å². The Balaban J connectivity index is 1.49. The monoisotopic (exact) mass is 302 g/mol. The molecule has 22 heavy (non-hydrogen) atoms. The number of hydrogen-bond donors (Lipinski definition) is 2. The van der Waals surface area contributed by atoms with Crippen LogP contribution in [-0.2, 0) is 11.2 Å². The van der Waals surface area contributed by atoms with E-state index in [9.17, 15) is 4.79 Å². The summed E-state index contributed by atoms with van der Waals surface area (Å²) in [5.74, 6) is 0.961. The summed E-state index contributed by atoms with van der Waals surface area (Å²) in [7, 11) is 0. The molecule has 122 valence electrons. The zero-order chi connectivity index (χ0) is 15.6. The zero-order valence-corrected chi connectivity index (χ0v) is 13.9. The normalized spacial score (nSPS) is 18.1. The number of aryl methyl sites for hydroxylation is 2. The van der Waals surface area contributed by atoms with E-state index in [2.05, 4.69) is 41.8 Å². The van der Waals surface area contributed by atoms with E-state index in [-0.39, 0.29) is 5.91 Å². The number of benzene rings is 1. The molecule has 0 radical (unpaired) electrons. The first-order valence-corrected chi connectivity index (χ1v) is 8.77. The number of piperidine rings is 1. The van der Waals surface area contributed by atoms with Crippen LogP contribution in [0.1, 0.15) is 49.7 Å². The van der Waals surface area contributed by atoms with Crippen molar-refractivity contribution in [2.75, 3.05) is 19.6 Å². The summed E-state index contributed by atoms with van der Waals surface area (Å²) in [6.07, 6.45) is 7.49. The van der Waals surface area contributed by atoms with E-state index in [1.54, 1.807) is 0 Å². The van der Waals surface area contributed by atoms with Gasteiger partial charge in [0.15, 0.2) is 0 Å². The summed E-state index contributed by atoms with van der Waals surface area (Å²) in [5, 5.41) is 6.49. The van der Waals surface area contributed by atoms with Gasteiger partial charge in [0, 0.05) is 13.0 Å². The summed E-state index contributed by atoms with van der Waals surface area (Å²) in [5.41, 5.74) is 2.67. The van der Waals surface area contributed by atoms with Crippen LogP contribution in [0.15, 0.2) is 24.3 Å². The average Bonchev–Trinajstić information content (AvgIpc) is 2.54. The summed E-state index contributed by atoms with van der Waals surface area (Å²) >= 11 is 0. The minimum absolute atomic E-state index is 0.215. The van der Waals surface area contributed by atoms with E-state index < -0.39 is 0 Å². The fraction of sp³-hybridized carbons (Fsp3) is 0.632. The minimum Gasteiger partial charge on any atom is -0.356 e. The molecule has 0 aliphatic carbocycles. The van der Waals surface area contributed by atoms with Crippen LogP contribution in [-0.4, -0.2) is 25.5 Å². The van der Waals surface area contributed by atoms with Gasteiger partial charge in [-0.2, -0.15) is 0 Å². The van der Waals surface area contributed by atoms with Crippen molar-refractivity contribution < 1.29 is 4.79 Å². The second-order valence-electron chi connectivity index (χ2n) is 6.54. The first-order valence-electron chi connectivity index (χ1n) is 8.77. The van der Waals surface area contributed by atoms with E-state index in [4.69, 9.17) is 0 Å². The molecule has 0 aromatic heterocycles. The lowest BCUT2D eigenvalue weighted by atomic mass is 9.96. The molecule has 1 fully saturated rings. The first kappa shape index (κ1) is 17.0. The highest BCUT2D eigenvalue weighted by Crippen LogP contribution is 2.13. The Hall–Kier alpha value is -1.35. The zero-order valence-electron chi connectivity index (χ0n) is 13.9. The van der Waals surface area contributed by atoms with E-state index >= 15 is 0 Å². The first-order chi connectivity index (χ1) is 10.7. The van der Waals surface area contributed by atoms with Gasteiger partial charge in [-0.05, 0) is 70.0 Å². The van der Waals surface area contributed by atoms with Gasteiger partial charge in [-0.15, -0.1) is 0 Å². The Morgan fingerprint density at radius 3 is 2.82 bits per heavy atom. The predicted molar refractivity (Wildman–Crippen MR) is 92.0 cm³/mol. The molecule has 3 heteroatoms. The second-order valence-corrected chi connectivity index (χ2v) is 6.54. The molecule has 1 amide bonds. The molecular weight excluding hydrogens is 272 g/mol. The Morgan fingerprint density at radius 2 is 2.09 bits per heavy atom. The number of unbranched alkanes of at least 4 members (excludes halogenated alkanes) is 1. The lowest BCUT2D eigenvalue weighted by Gasteiger charge is -2.22. The van der Waals surface area contributed by atoms with Crippen molar-refractivity contribution in [1.82, 2.24) is 10.6 Å². The van der Waals surface area contributed by atoms with E-state index in [1.807, 2.05) is 0 Å². The Kier molecular flexibility index (Phi) is 7.44. The maximum Gasteiger partial charge on any atom is 0.219 e. The molecule has 1 unspecified atom stereocenters. The summed E-state index contributed by atoms with van der Waals surface area (Å²) in [6.45, 7) is 5.22. The SMILES string of the molecule is Cc1ccc(CCCCC(=O)NCCC2CCCNC2)cc1. The number of amides is 1. The Bertz CT molecular complexity index is 435. The predicted octanol–water partition coefficient (Wildman–Crippen LogP) is 3.21. The van der Waals surface area contributed by atoms with Crippen LogP contribution in [0.3, 0.4) is 0 Å². The number of carbonyl (C=O) groups is 1. The van der Waals surface area contributed by atoms with Crippen LogP contribution < -0.4 is 10.6 Å². The van der Waals surface area contributed by atoms with Crippen LogP contribution >= 0.6 is 0 Å². The highest BCUT2D eigenvalue weighted by atomic mass is 16.1. The fourth-order valence-electron chi connectivity index (χ4n) is 3.04. The number of nitrogens with one attached hydrogen (secondary N) is 2. The van der Waals surface area contributed by atoms with Crippen LogP contribution in [0.4, 0.5) is 0 Å². The van der Waals surface area contributed by atoms with Gasteiger partial charge in [0.05, 0.1) is 0 Å². The number of hydrogen-bond acceptors (Lipinski definition) is 2. The van der Waals surface area contributed by atoms with E-state index in [0.29, 0.717) is 6.42 Å². The third-order valence-electron chi connectivity index (χ3n) is 4.51. The molecule has 3 nitrogen and oxygen atoms in total. The number of rotatable bonds is 8. The molecule has 1 aromatic carbocycles. The van der Waals surface area contributed by atoms with Crippen LogP contribution in [0.25, 0.3) is 0 Å². The summed E-state index contributed by atoms with van der Waals surface area (Å²) in [4.78, 5) is 11.8. The van der Waals surface area contributed by atoms with E-state index in [1.165, 1.54) is 24.0 Å². The van der Waals surface area contributed by atoms with Gasteiger partial charge in [-0.1, -0.05) is 29.8 Å². The molecule has 0 spiro atoms. The van der Waals surface area contributed by atoms with Gasteiger partial charge in [0.25, 0.3) is 0 Å². The van der Waals surface area contributed by atoms with Crippen molar-refractivity contribution in [3.05, 3.63) is 35.4 Å². The van der Waals surface area contributed by atoms with Gasteiger partial charge in [-0.3, -0.25) is 4.79 Å². The lowest BCUT2D eigenvalue weighted by molar-refractivity contribution is -0.121.